The first-order chi connectivity index (χ1) is 8.18. The molecule has 1 aromatic rings. The molecule has 0 saturated heterocycles. The third-order valence-corrected chi connectivity index (χ3v) is 4.53. The van der Waals surface area contributed by atoms with Crippen LogP contribution < -0.4 is 11.1 Å². The standard InChI is InChI=1S/C14H19FN2O/c1-13(2)11(14(13,3)4)12(18)17-10-6-5-8(16)7-9(10)15/h5-7,11H,16H2,1-4H3,(H,17,18). The summed E-state index contributed by atoms with van der Waals surface area (Å²) >= 11 is 0. The number of hydrogen-bond acceptors (Lipinski definition) is 2. The number of amides is 1. The van der Waals surface area contributed by atoms with Crippen LogP contribution in [0.3, 0.4) is 0 Å². The van der Waals surface area contributed by atoms with E-state index in [0.717, 1.165) is 0 Å². The van der Waals surface area contributed by atoms with Crippen molar-refractivity contribution in [1.82, 2.24) is 0 Å². The maximum atomic E-state index is 13.6. The molecule has 3 N–H and O–H groups in total. The van der Waals surface area contributed by atoms with E-state index in [1.165, 1.54) is 12.1 Å². The number of nitrogens with two attached hydrogens (primary N) is 1. The van der Waals surface area contributed by atoms with Crippen LogP contribution in [0.1, 0.15) is 27.7 Å². The van der Waals surface area contributed by atoms with Crippen molar-refractivity contribution in [1.29, 1.82) is 0 Å². The Balaban J connectivity index is 2.14. The highest BCUT2D eigenvalue weighted by atomic mass is 19.1. The number of anilines is 2. The number of nitrogens with one attached hydrogen (secondary N) is 1. The van der Waals surface area contributed by atoms with Gasteiger partial charge in [-0.15, -0.1) is 0 Å². The summed E-state index contributed by atoms with van der Waals surface area (Å²) in [6.07, 6.45) is 0. The second-order valence-corrected chi connectivity index (χ2v) is 6.10. The highest BCUT2D eigenvalue weighted by Crippen LogP contribution is 2.68. The first-order valence-electron chi connectivity index (χ1n) is 6.04. The molecule has 1 fully saturated rings. The molecule has 18 heavy (non-hydrogen) atoms. The van der Waals surface area contributed by atoms with Crippen molar-refractivity contribution in [3.05, 3.63) is 24.0 Å². The van der Waals surface area contributed by atoms with Gasteiger partial charge < -0.3 is 11.1 Å². The average Bonchev–Trinajstić information content (AvgIpc) is 2.62. The lowest BCUT2D eigenvalue weighted by Gasteiger charge is -2.08. The third-order valence-electron chi connectivity index (χ3n) is 4.53. The fraction of sp³-hybridized carbons (Fsp3) is 0.500. The van der Waals surface area contributed by atoms with Gasteiger partial charge in [-0.2, -0.15) is 0 Å². The largest absolute Gasteiger partial charge is 0.399 e. The van der Waals surface area contributed by atoms with Crippen molar-refractivity contribution in [2.45, 2.75) is 27.7 Å². The molecule has 0 radical (unpaired) electrons. The van der Waals surface area contributed by atoms with Gasteiger partial charge in [0.2, 0.25) is 5.91 Å². The third kappa shape index (κ3) is 1.76. The van der Waals surface area contributed by atoms with Gasteiger partial charge in [0, 0.05) is 11.6 Å². The molecular formula is C14H19FN2O. The predicted octanol–water partition coefficient (Wildman–Crippen LogP) is 3.03. The van der Waals surface area contributed by atoms with Crippen molar-refractivity contribution in [3.63, 3.8) is 0 Å². The van der Waals surface area contributed by atoms with Gasteiger partial charge in [0.25, 0.3) is 0 Å². The van der Waals surface area contributed by atoms with Crippen molar-refractivity contribution >= 4 is 17.3 Å². The molecule has 2 rings (SSSR count). The lowest BCUT2D eigenvalue weighted by molar-refractivity contribution is -0.118. The monoisotopic (exact) mass is 250 g/mol. The van der Waals surface area contributed by atoms with Crippen LogP contribution >= 0.6 is 0 Å². The Labute approximate surface area is 107 Å². The Bertz CT molecular complexity index is 495. The minimum absolute atomic E-state index is 0.0542. The molecule has 98 valence electrons. The van der Waals surface area contributed by atoms with Gasteiger partial charge in [-0.05, 0) is 29.0 Å². The molecule has 0 aromatic heterocycles. The van der Waals surface area contributed by atoms with Crippen LogP contribution in [0, 0.1) is 22.6 Å². The highest BCUT2D eigenvalue weighted by molar-refractivity contribution is 5.96. The summed E-state index contributed by atoms with van der Waals surface area (Å²) < 4.78 is 13.6. The van der Waals surface area contributed by atoms with Gasteiger partial charge in [-0.25, -0.2) is 4.39 Å². The zero-order valence-corrected chi connectivity index (χ0v) is 11.2. The number of rotatable bonds is 2. The maximum Gasteiger partial charge on any atom is 0.228 e. The molecule has 0 bridgehead atoms. The smallest absolute Gasteiger partial charge is 0.228 e. The van der Waals surface area contributed by atoms with Crippen LogP contribution in [0.2, 0.25) is 0 Å². The Hall–Kier alpha value is -1.58. The summed E-state index contributed by atoms with van der Waals surface area (Å²) in [7, 11) is 0. The highest BCUT2D eigenvalue weighted by Gasteiger charge is 2.68. The molecule has 1 amide bonds. The van der Waals surface area contributed by atoms with Gasteiger partial charge >= 0.3 is 0 Å². The predicted molar refractivity (Wildman–Crippen MR) is 70.5 cm³/mol. The van der Waals surface area contributed by atoms with Crippen molar-refractivity contribution < 1.29 is 9.18 Å². The molecule has 1 aliphatic rings. The second-order valence-electron chi connectivity index (χ2n) is 6.10. The van der Waals surface area contributed by atoms with Crippen LogP contribution in [0.15, 0.2) is 18.2 Å². The first-order valence-corrected chi connectivity index (χ1v) is 6.04. The van der Waals surface area contributed by atoms with E-state index in [4.69, 9.17) is 5.73 Å². The van der Waals surface area contributed by atoms with Crippen LogP contribution in [-0.2, 0) is 4.79 Å². The molecule has 1 aromatic carbocycles. The van der Waals surface area contributed by atoms with Gasteiger partial charge in [0.1, 0.15) is 5.82 Å². The van der Waals surface area contributed by atoms with Crippen molar-refractivity contribution in [2.75, 3.05) is 11.1 Å². The lowest BCUT2D eigenvalue weighted by Crippen LogP contribution is -2.18. The normalized spacial score (nSPS) is 20.5. The first kappa shape index (κ1) is 12.9. The number of halogens is 1. The second kappa shape index (κ2) is 3.70. The topological polar surface area (TPSA) is 55.1 Å². The van der Waals surface area contributed by atoms with Gasteiger partial charge in [-0.1, -0.05) is 27.7 Å². The molecule has 4 heteroatoms. The number of hydrogen-bond donors (Lipinski definition) is 2. The molecule has 1 aliphatic carbocycles. The molecule has 3 nitrogen and oxygen atoms in total. The molecule has 0 unspecified atom stereocenters. The molecule has 0 aliphatic heterocycles. The molecule has 1 saturated carbocycles. The van der Waals surface area contributed by atoms with Gasteiger partial charge in [-0.3, -0.25) is 4.79 Å². The molecule has 0 heterocycles. The van der Waals surface area contributed by atoms with Crippen LogP contribution in [0.4, 0.5) is 15.8 Å². The molecule has 0 spiro atoms. The zero-order chi connectivity index (χ0) is 13.7. The fourth-order valence-electron chi connectivity index (χ4n) is 2.69. The minimum atomic E-state index is -0.500. The summed E-state index contributed by atoms with van der Waals surface area (Å²) in [6, 6.07) is 4.27. The molecular weight excluding hydrogens is 231 g/mol. The van der Waals surface area contributed by atoms with E-state index in [9.17, 15) is 9.18 Å². The number of carbonyl (C=O) groups excluding carboxylic acids is 1. The van der Waals surface area contributed by atoms with Gasteiger partial charge in [0.15, 0.2) is 0 Å². The van der Waals surface area contributed by atoms with Crippen molar-refractivity contribution in [3.8, 4) is 0 Å². The van der Waals surface area contributed by atoms with Crippen LogP contribution in [0.5, 0.6) is 0 Å². The van der Waals surface area contributed by atoms with E-state index < -0.39 is 5.82 Å². The SMILES string of the molecule is CC1(C)C(C(=O)Nc2ccc(N)cc2F)C1(C)C. The van der Waals surface area contributed by atoms with E-state index >= 15 is 0 Å². The number of carbonyl (C=O) groups is 1. The summed E-state index contributed by atoms with van der Waals surface area (Å²) in [4.78, 5) is 12.1. The Morgan fingerprint density at radius 1 is 1.28 bits per heavy atom. The quantitative estimate of drug-likeness (QED) is 0.793. The average molecular weight is 250 g/mol. The van der Waals surface area contributed by atoms with E-state index in [1.807, 2.05) is 0 Å². The van der Waals surface area contributed by atoms with E-state index in [1.54, 1.807) is 6.07 Å². The van der Waals surface area contributed by atoms with Crippen molar-refractivity contribution in [2.24, 2.45) is 16.7 Å². The van der Waals surface area contributed by atoms with Crippen LogP contribution in [-0.4, -0.2) is 5.91 Å². The zero-order valence-electron chi connectivity index (χ0n) is 11.2. The van der Waals surface area contributed by atoms with E-state index in [0.29, 0.717) is 5.69 Å². The summed E-state index contributed by atoms with van der Waals surface area (Å²) in [5, 5.41) is 2.64. The fourth-order valence-corrected chi connectivity index (χ4v) is 2.69. The Morgan fingerprint density at radius 3 is 2.28 bits per heavy atom. The summed E-state index contributed by atoms with van der Waals surface area (Å²) in [5.41, 5.74) is 5.89. The minimum Gasteiger partial charge on any atom is -0.399 e. The van der Waals surface area contributed by atoms with Gasteiger partial charge in [0.05, 0.1) is 5.69 Å². The Morgan fingerprint density at radius 2 is 1.83 bits per heavy atom. The lowest BCUT2D eigenvalue weighted by atomic mass is 10.0. The number of nitrogen functional groups attached to an aromatic ring is 1. The number of benzene rings is 1. The van der Waals surface area contributed by atoms with E-state index in [2.05, 4.69) is 33.0 Å². The Kier molecular flexibility index (Phi) is 2.65. The van der Waals surface area contributed by atoms with Crippen LogP contribution in [0.25, 0.3) is 0 Å². The molecule has 0 atom stereocenters. The van der Waals surface area contributed by atoms with E-state index in [-0.39, 0.29) is 28.3 Å². The summed E-state index contributed by atoms with van der Waals surface area (Å²) in [6.45, 7) is 8.21. The summed E-state index contributed by atoms with van der Waals surface area (Å²) in [5.74, 6) is -0.727. The maximum absolute atomic E-state index is 13.6.